The summed E-state index contributed by atoms with van der Waals surface area (Å²) in [5.74, 6) is -3.36. The largest absolute Gasteiger partial charge is 0.635 e. The van der Waals surface area contributed by atoms with Crippen LogP contribution in [0.15, 0.2) is 42.0 Å². The molecule has 0 unspecified atom stereocenters. The Balaban J connectivity index is 1.64. The van der Waals surface area contributed by atoms with E-state index in [9.17, 15) is 33.7 Å². The van der Waals surface area contributed by atoms with E-state index in [0.29, 0.717) is 25.8 Å². The molecule has 0 aliphatic carbocycles. The second kappa shape index (κ2) is 13.3. The van der Waals surface area contributed by atoms with Crippen LogP contribution in [0.1, 0.15) is 45.1 Å². The summed E-state index contributed by atoms with van der Waals surface area (Å²) in [6.07, 6.45) is 0.447. The predicted octanol–water partition coefficient (Wildman–Crippen LogP) is 2.22. The molecule has 2 amide bonds. The number of rotatable bonds is 9. The monoisotopic (exact) mass is 548 g/mol. The van der Waals surface area contributed by atoms with Gasteiger partial charge < -0.3 is 24.3 Å². The van der Waals surface area contributed by atoms with E-state index in [-0.39, 0.29) is 31.5 Å². The Hall–Kier alpha value is -3.05. The minimum atomic E-state index is -2.81. The van der Waals surface area contributed by atoms with Crippen molar-refractivity contribution in [3.63, 3.8) is 0 Å². The van der Waals surface area contributed by atoms with Gasteiger partial charge in [-0.2, -0.15) is 5.26 Å². The minimum absolute atomic E-state index is 0.0420. The zero-order valence-corrected chi connectivity index (χ0v) is 22.2. The second-order valence-electron chi connectivity index (χ2n) is 10.4. The van der Waals surface area contributed by atoms with Crippen LogP contribution >= 0.6 is 0 Å². The first-order valence-corrected chi connectivity index (χ1v) is 13.0. The van der Waals surface area contributed by atoms with Crippen molar-refractivity contribution in [2.24, 2.45) is 0 Å². The highest BCUT2D eigenvalue weighted by Crippen LogP contribution is 2.33. The lowest BCUT2D eigenvalue weighted by molar-refractivity contribution is -0.127. The van der Waals surface area contributed by atoms with Crippen LogP contribution in [-0.4, -0.2) is 89.1 Å². The van der Waals surface area contributed by atoms with Gasteiger partial charge in [0.05, 0.1) is 13.1 Å². The number of carbonyl (C=O) groups is 2. The van der Waals surface area contributed by atoms with Gasteiger partial charge in [-0.3, -0.25) is 15.0 Å². The third kappa shape index (κ3) is 9.28. The second-order valence-corrected chi connectivity index (χ2v) is 10.4. The topological polar surface area (TPSA) is 135 Å². The Kier molecular flexibility index (Phi) is 10.4. The number of ether oxygens (including phenoxy) is 1. The number of benzene rings is 1. The first-order chi connectivity index (χ1) is 18.4. The number of hydrogen-bond acceptors (Lipinski definition) is 8. The number of nitrogens with zero attached hydrogens (tertiary/aromatic N) is 3. The molecule has 3 rings (SSSR count). The summed E-state index contributed by atoms with van der Waals surface area (Å²) >= 11 is 0. The van der Waals surface area contributed by atoms with Crippen molar-refractivity contribution in [2.75, 3.05) is 26.2 Å². The molecular formula is C26H35BF2N4O6. The molecule has 1 aromatic carbocycles. The van der Waals surface area contributed by atoms with Gasteiger partial charge in [-0.05, 0) is 44.7 Å². The Labute approximate surface area is 227 Å². The molecule has 0 radical (unpaired) electrons. The number of alkyl carbamates (subject to hydrolysis) is 1. The highest BCUT2D eigenvalue weighted by Gasteiger charge is 2.43. The van der Waals surface area contributed by atoms with Crippen molar-refractivity contribution in [1.82, 2.24) is 15.1 Å². The highest BCUT2D eigenvalue weighted by molar-refractivity contribution is 6.32. The van der Waals surface area contributed by atoms with E-state index in [1.54, 1.807) is 43.0 Å². The number of carbonyl (C=O) groups excluding carboxylic acids is 2. The zero-order chi connectivity index (χ0) is 28.6. The SMILES string of the molecule is CC(C)(C=C(C#N)C(=O)N1CCCC[C@@H](OC(=O)N[C@@H](Cc2ccccc2)OB(O)O)C1)N1CCC(F)(F)C1. The number of hydrogen-bond donors (Lipinski definition) is 3. The molecule has 0 spiro atoms. The Morgan fingerprint density at radius 2 is 2.00 bits per heavy atom. The fourth-order valence-corrected chi connectivity index (χ4v) is 4.79. The number of nitrogens with one attached hydrogen (secondary N) is 1. The maximum Gasteiger partial charge on any atom is 0.635 e. The van der Waals surface area contributed by atoms with Crippen LogP contribution in [0, 0.1) is 11.3 Å². The summed E-state index contributed by atoms with van der Waals surface area (Å²) in [6.45, 7) is 3.48. The maximum atomic E-state index is 13.8. The van der Waals surface area contributed by atoms with Crippen LogP contribution in [0.25, 0.3) is 0 Å². The molecule has 212 valence electrons. The molecule has 0 bridgehead atoms. The molecular weight excluding hydrogens is 513 g/mol. The number of likely N-dealkylation sites (tertiary alicyclic amines) is 2. The molecule has 2 atom stereocenters. The van der Waals surface area contributed by atoms with Crippen molar-refractivity contribution < 1.29 is 37.8 Å². The van der Waals surface area contributed by atoms with Gasteiger partial charge in [0.15, 0.2) is 0 Å². The number of halogens is 2. The average molecular weight is 548 g/mol. The van der Waals surface area contributed by atoms with Crippen LogP contribution in [0.5, 0.6) is 0 Å². The predicted molar refractivity (Wildman–Crippen MR) is 138 cm³/mol. The molecule has 2 aliphatic heterocycles. The van der Waals surface area contributed by atoms with E-state index in [1.807, 2.05) is 12.1 Å². The highest BCUT2D eigenvalue weighted by atomic mass is 19.3. The van der Waals surface area contributed by atoms with Crippen LogP contribution in [0.2, 0.25) is 0 Å². The van der Waals surface area contributed by atoms with Crippen molar-refractivity contribution in [3.05, 3.63) is 47.5 Å². The van der Waals surface area contributed by atoms with E-state index in [0.717, 1.165) is 5.56 Å². The van der Waals surface area contributed by atoms with Crippen LogP contribution < -0.4 is 5.32 Å². The van der Waals surface area contributed by atoms with E-state index in [4.69, 9.17) is 9.39 Å². The molecule has 1 aromatic rings. The number of amides is 2. The fourth-order valence-electron chi connectivity index (χ4n) is 4.79. The third-order valence-corrected chi connectivity index (χ3v) is 6.85. The van der Waals surface area contributed by atoms with E-state index in [2.05, 4.69) is 5.32 Å². The number of nitriles is 1. The van der Waals surface area contributed by atoms with Crippen molar-refractivity contribution in [2.45, 2.75) is 69.7 Å². The van der Waals surface area contributed by atoms with E-state index < -0.39 is 49.7 Å². The lowest BCUT2D eigenvalue weighted by Gasteiger charge is -2.33. The molecule has 2 saturated heterocycles. The van der Waals surface area contributed by atoms with E-state index >= 15 is 0 Å². The van der Waals surface area contributed by atoms with Gasteiger partial charge in [-0.15, -0.1) is 0 Å². The maximum absolute atomic E-state index is 13.8. The summed E-state index contributed by atoms with van der Waals surface area (Å²) in [4.78, 5) is 28.9. The molecule has 2 aliphatic rings. The standard InChI is InChI=1S/C26H35BF2N4O6/c1-25(2,33-13-11-26(28,29)18-33)15-20(16-30)23(34)32-12-7-6-10-21(17-32)38-24(35)31-22(39-27(36)37)14-19-8-4-3-5-9-19/h3-5,8-9,15,21-22,36-37H,6-7,10-14,17-18H2,1-2H3,(H,31,35)/t21-,22-/m1/s1. The van der Waals surface area contributed by atoms with Crippen molar-refractivity contribution in [3.8, 4) is 6.07 Å². The molecule has 13 heteroatoms. The van der Waals surface area contributed by atoms with Crippen LogP contribution in [0.4, 0.5) is 13.6 Å². The van der Waals surface area contributed by atoms with Gasteiger partial charge >= 0.3 is 13.4 Å². The zero-order valence-electron chi connectivity index (χ0n) is 22.2. The summed E-state index contributed by atoms with van der Waals surface area (Å²) in [7, 11) is -2.11. The summed E-state index contributed by atoms with van der Waals surface area (Å²) < 4.78 is 38.0. The average Bonchev–Trinajstić information content (AvgIpc) is 3.08. The molecule has 39 heavy (non-hydrogen) atoms. The first-order valence-electron chi connectivity index (χ1n) is 13.0. The van der Waals surface area contributed by atoms with E-state index in [1.165, 1.54) is 11.0 Å². The lowest BCUT2D eigenvalue weighted by Crippen LogP contribution is -2.45. The number of alkyl halides is 2. The molecule has 10 nitrogen and oxygen atoms in total. The molecule has 3 N–H and O–H groups in total. The van der Waals surface area contributed by atoms with Gasteiger partial charge in [0, 0.05) is 31.5 Å². The smallest absolute Gasteiger partial charge is 0.444 e. The fraction of sp³-hybridized carbons (Fsp3) is 0.577. The normalized spacial score (nSPS) is 21.0. The summed E-state index contributed by atoms with van der Waals surface area (Å²) in [6, 6.07) is 10.9. The molecule has 0 saturated carbocycles. The third-order valence-electron chi connectivity index (χ3n) is 6.85. The van der Waals surface area contributed by atoms with Gasteiger partial charge in [-0.1, -0.05) is 30.3 Å². The summed E-state index contributed by atoms with van der Waals surface area (Å²) in [5, 5.41) is 30.7. The minimum Gasteiger partial charge on any atom is -0.444 e. The first kappa shape index (κ1) is 30.5. The Bertz CT molecular complexity index is 1070. The molecule has 2 fully saturated rings. The van der Waals surface area contributed by atoms with Crippen molar-refractivity contribution in [1.29, 1.82) is 5.26 Å². The van der Waals surface area contributed by atoms with Gasteiger partial charge in [-0.25, -0.2) is 13.6 Å². The molecule has 2 heterocycles. The molecule has 0 aromatic heterocycles. The van der Waals surface area contributed by atoms with Crippen LogP contribution in [-0.2, 0) is 20.6 Å². The van der Waals surface area contributed by atoms with Crippen molar-refractivity contribution >= 4 is 19.3 Å². The van der Waals surface area contributed by atoms with Gasteiger partial charge in [0.25, 0.3) is 11.8 Å². The summed E-state index contributed by atoms with van der Waals surface area (Å²) in [5.41, 5.74) is -0.312. The van der Waals surface area contributed by atoms with Gasteiger partial charge in [0.1, 0.15) is 24.0 Å². The van der Waals surface area contributed by atoms with Gasteiger partial charge in [0.2, 0.25) is 0 Å². The Morgan fingerprint density at radius 3 is 2.62 bits per heavy atom. The Morgan fingerprint density at radius 1 is 1.28 bits per heavy atom. The lowest BCUT2D eigenvalue weighted by atomic mass is 9.99. The quantitative estimate of drug-likeness (QED) is 0.185. The van der Waals surface area contributed by atoms with Crippen LogP contribution in [0.3, 0.4) is 0 Å².